The Hall–Kier alpha value is -3.86. The van der Waals surface area contributed by atoms with Gasteiger partial charge < -0.3 is 15.0 Å². The summed E-state index contributed by atoms with van der Waals surface area (Å²) in [5.41, 5.74) is 3.93. The molecule has 4 rings (SSSR count). The highest BCUT2D eigenvalue weighted by Gasteiger charge is 2.33. The maximum Gasteiger partial charge on any atom is 0.414 e. The van der Waals surface area contributed by atoms with Crippen LogP contribution >= 0.6 is 0 Å². The standard InChI is InChI=1S/C26H27FN4O3/c1-18(32)29-16-23-17-31(26(33)34-23)22-7-8-25(24(27)14-22)30-11-9-20(10-12-30)21(15-28)13-19-5-3-2-4-6-19/h2-8,14,23H,9-13,16-17H2,1H3,(H,29,32)/t23-/m0/s1. The summed E-state index contributed by atoms with van der Waals surface area (Å²) in [7, 11) is 0. The van der Waals surface area contributed by atoms with Gasteiger partial charge in [0.2, 0.25) is 5.91 Å². The fourth-order valence-corrected chi connectivity index (χ4v) is 4.38. The lowest BCUT2D eigenvalue weighted by Crippen LogP contribution is -2.33. The molecule has 8 heteroatoms. The van der Waals surface area contributed by atoms with Gasteiger partial charge in [0, 0.05) is 32.0 Å². The maximum atomic E-state index is 15.0. The lowest BCUT2D eigenvalue weighted by molar-refractivity contribution is -0.119. The molecule has 2 aromatic rings. The molecule has 2 saturated heterocycles. The number of ether oxygens (including phenoxy) is 1. The second kappa shape index (κ2) is 10.4. The van der Waals surface area contributed by atoms with E-state index in [-0.39, 0.29) is 19.0 Å². The number of cyclic esters (lactones) is 1. The molecule has 0 unspecified atom stereocenters. The van der Waals surface area contributed by atoms with Crippen LogP contribution in [0.3, 0.4) is 0 Å². The zero-order chi connectivity index (χ0) is 24.1. The Morgan fingerprint density at radius 3 is 2.59 bits per heavy atom. The van der Waals surface area contributed by atoms with Crippen LogP contribution in [0.25, 0.3) is 0 Å². The topological polar surface area (TPSA) is 85.7 Å². The minimum Gasteiger partial charge on any atom is -0.442 e. The molecule has 1 N–H and O–H groups in total. The van der Waals surface area contributed by atoms with Crippen LogP contribution in [0.1, 0.15) is 25.3 Å². The first-order chi connectivity index (χ1) is 16.4. The van der Waals surface area contributed by atoms with Crippen molar-refractivity contribution in [1.29, 1.82) is 5.26 Å². The Labute approximate surface area is 198 Å². The van der Waals surface area contributed by atoms with Gasteiger partial charge in [0.1, 0.15) is 11.9 Å². The van der Waals surface area contributed by atoms with Gasteiger partial charge in [-0.3, -0.25) is 9.69 Å². The number of hydrogen-bond donors (Lipinski definition) is 1. The summed E-state index contributed by atoms with van der Waals surface area (Å²) in [6, 6.07) is 17.0. The van der Waals surface area contributed by atoms with Gasteiger partial charge in [-0.2, -0.15) is 5.26 Å². The van der Waals surface area contributed by atoms with Gasteiger partial charge in [0.25, 0.3) is 0 Å². The quantitative estimate of drug-likeness (QED) is 0.657. The number of rotatable bonds is 6. The number of carbonyl (C=O) groups is 2. The van der Waals surface area contributed by atoms with Gasteiger partial charge in [-0.15, -0.1) is 0 Å². The molecule has 2 fully saturated rings. The van der Waals surface area contributed by atoms with Gasteiger partial charge in [0.05, 0.1) is 30.5 Å². The number of nitriles is 1. The minimum atomic E-state index is -0.558. The van der Waals surface area contributed by atoms with E-state index in [0.29, 0.717) is 43.7 Å². The number of hydrogen-bond acceptors (Lipinski definition) is 5. The van der Waals surface area contributed by atoms with Crippen LogP contribution in [0.4, 0.5) is 20.6 Å². The van der Waals surface area contributed by atoms with Crippen LogP contribution in [-0.4, -0.2) is 44.3 Å². The average Bonchev–Trinajstić information content (AvgIpc) is 3.22. The van der Waals surface area contributed by atoms with Crippen molar-refractivity contribution in [1.82, 2.24) is 5.32 Å². The molecule has 2 aliphatic heterocycles. The van der Waals surface area contributed by atoms with E-state index < -0.39 is 18.0 Å². The Morgan fingerprint density at radius 2 is 1.94 bits per heavy atom. The van der Waals surface area contributed by atoms with Crippen molar-refractivity contribution < 1.29 is 18.7 Å². The van der Waals surface area contributed by atoms with E-state index >= 15 is 4.39 Å². The molecule has 0 bridgehead atoms. The third-order valence-corrected chi connectivity index (χ3v) is 6.19. The largest absolute Gasteiger partial charge is 0.442 e. The number of nitrogens with zero attached hydrogens (tertiary/aromatic N) is 3. The fourth-order valence-electron chi connectivity index (χ4n) is 4.38. The van der Waals surface area contributed by atoms with E-state index in [1.165, 1.54) is 17.9 Å². The molecule has 0 aliphatic carbocycles. The van der Waals surface area contributed by atoms with Crippen LogP contribution in [0.15, 0.2) is 59.7 Å². The molecule has 176 valence electrons. The summed E-state index contributed by atoms with van der Waals surface area (Å²) in [5.74, 6) is -0.612. The summed E-state index contributed by atoms with van der Waals surface area (Å²) in [5, 5.41) is 12.3. The molecule has 34 heavy (non-hydrogen) atoms. The minimum absolute atomic E-state index is 0.202. The number of carbonyl (C=O) groups excluding carboxylic acids is 2. The number of benzene rings is 2. The summed E-state index contributed by atoms with van der Waals surface area (Å²) in [6.45, 7) is 3.10. The van der Waals surface area contributed by atoms with E-state index in [2.05, 4.69) is 11.4 Å². The smallest absolute Gasteiger partial charge is 0.414 e. The maximum absolute atomic E-state index is 15.0. The number of halogens is 1. The number of anilines is 2. The molecule has 2 heterocycles. The molecule has 0 radical (unpaired) electrons. The van der Waals surface area contributed by atoms with Gasteiger partial charge in [-0.05, 0) is 36.6 Å². The first-order valence-corrected chi connectivity index (χ1v) is 11.4. The summed E-state index contributed by atoms with van der Waals surface area (Å²) < 4.78 is 20.3. The normalized spacial score (nSPS) is 17.9. The van der Waals surface area contributed by atoms with Crippen LogP contribution in [0.5, 0.6) is 0 Å². The molecule has 2 aliphatic rings. The van der Waals surface area contributed by atoms with Crippen molar-refractivity contribution in [2.45, 2.75) is 32.3 Å². The zero-order valence-corrected chi connectivity index (χ0v) is 19.1. The Bertz CT molecular complexity index is 1130. The van der Waals surface area contributed by atoms with Crippen molar-refractivity contribution in [3.8, 4) is 6.07 Å². The van der Waals surface area contributed by atoms with Gasteiger partial charge >= 0.3 is 6.09 Å². The Kier molecular flexibility index (Phi) is 7.12. The first-order valence-electron chi connectivity index (χ1n) is 11.4. The highest BCUT2D eigenvalue weighted by atomic mass is 19.1. The van der Waals surface area contributed by atoms with Crippen LogP contribution in [0.2, 0.25) is 0 Å². The van der Waals surface area contributed by atoms with E-state index in [1.807, 2.05) is 35.2 Å². The molecule has 2 aromatic carbocycles. The lowest BCUT2D eigenvalue weighted by atomic mass is 9.94. The lowest BCUT2D eigenvalue weighted by Gasteiger charge is -2.31. The zero-order valence-electron chi connectivity index (χ0n) is 19.1. The van der Waals surface area contributed by atoms with E-state index in [1.54, 1.807) is 12.1 Å². The van der Waals surface area contributed by atoms with E-state index in [4.69, 9.17) is 4.74 Å². The number of allylic oxidation sites excluding steroid dienone is 1. The molecule has 0 saturated carbocycles. The van der Waals surface area contributed by atoms with Gasteiger partial charge in [-0.25, -0.2) is 9.18 Å². The third kappa shape index (κ3) is 5.37. The number of piperidine rings is 1. The Morgan fingerprint density at radius 1 is 1.21 bits per heavy atom. The fraction of sp³-hybridized carbons (Fsp3) is 0.346. The van der Waals surface area contributed by atoms with Crippen molar-refractivity contribution in [3.63, 3.8) is 0 Å². The molecule has 0 aromatic heterocycles. The Balaban J connectivity index is 1.40. The highest BCUT2D eigenvalue weighted by molar-refractivity contribution is 5.90. The molecule has 1 atom stereocenters. The second-order valence-electron chi connectivity index (χ2n) is 8.53. The van der Waals surface area contributed by atoms with Crippen molar-refractivity contribution in [3.05, 3.63) is 71.1 Å². The predicted molar refractivity (Wildman–Crippen MR) is 127 cm³/mol. The van der Waals surface area contributed by atoms with Crippen LogP contribution in [0, 0.1) is 17.1 Å². The monoisotopic (exact) mass is 462 g/mol. The SMILES string of the molecule is CC(=O)NC[C@H]1CN(c2ccc(N3CCC(=C(C#N)Cc4ccccc4)CC3)c(F)c2)C(=O)O1. The number of nitrogens with one attached hydrogen (secondary N) is 1. The van der Waals surface area contributed by atoms with E-state index in [0.717, 1.165) is 16.7 Å². The summed E-state index contributed by atoms with van der Waals surface area (Å²) in [6.07, 6.45) is 1.000. The van der Waals surface area contributed by atoms with Gasteiger partial charge in [0.15, 0.2) is 0 Å². The van der Waals surface area contributed by atoms with E-state index in [9.17, 15) is 14.9 Å². The molecule has 0 spiro atoms. The van der Waals surface area contributed by atoms with Crippen molar-refractivity contribution in [2.24, 2.45) is 0 Å². The van der Waals surface area contributed by atoms with Crippen molar-refractivity contribution >= 4 is 23.4 Å². The van der Waals surface area contributed by atoms with Gasteiger partial charge in [-0.1, -0.05) is 35.9 Å². The summed E-state index contributed by atoms with van der Waals surface area (Å²) in [4.78, 5) is 26.6. The molecule has 7 nitrogen and oxygen atoms in total. The molecular formula is C26H27FN4O3. The number of amides is 2. The third-order valence-electron chi connectivity index (χ3n) is 6.19. The molecular weight excluding hydrogens is 435 g/mol. The molecule has 2 amide bonds. The van der Waals surface area contributed by atoms with Crippen LogP contribution < -0.4 is 15.1 Å². The average molecular weight is 463 g/mol. The van der Waals surface area contributed by atoms with Crippen molar-refractivity contribution in [2.75, 3.05) is 36.0 Å². The van der Waals surface area contributed by atoms with Crippen LogP contribution in [-0.2, 0) is 16.0 Å². The summed E-state index contributed by atoms with van der Waals surface area (Å²) >= 11 is 0. The first kappa shape index (κ1) is 23.3. The predicted octanol–water partition coefficient (Wildman–Crippen LogP) is 3.95. The second-order valence-corrected chi connectivity index (χ2v) is 8.53. The highest BCUT2D eigenvalue weighted by Crippen LogP contribution is 2.31.